The number of amides is 2. The minimum absolute atomic E-state index is 0.138. The van der Waals surface area contributed by atoms with Gasteiger partial charge in [-0.2, -0.15) is 0 Å². The molecule has 0 radical (unpaired) electrons. The van der Waals surface area contributed by atoms with Crippen LogP contribution in [0, 0.1) is 0 Å². The van der Waals surface area contributed by atoms with E-state index < -0.39 is 0 Å². The molecule has 5 nitrogen and oxygen atoms in total. The lowest BCUT2D eigenvalue weighted by Crippen LogP contribution is -2.35. The summed E-state index contributed by atoms with van der Waals surface area (Å²) in [6, 6.07) is 0. The minimum atomic E-state index is -0.271. The molecule has 0 fully saturated rings. The molecule has 0 rings (SSSR count). The van der Waals surface area contributed by atoms with Crippen LogP contribution in [-0.4, -0.2) is 50.4 Å². The number of rotatable bonds is 7. The van der Waals surface area contributed by atoms with E-state index in [0.29, 0.717) is 17.7 Å². The number of nitrogens with zero attached hydrogens (tertiary/aromatic N) is 1. The molecule has 0 atom stereocenters. The molecule has 0 spiro atoms. The molecule has 5 heteroatoms. The second-order valence-electron chi connectivity index (χ2n) is 4.13. The lowest BCUT2D eigenvalue weighted by molar-refractivity contribution is -0.118. The maximum atomic E-state index is 11.5. The van der Waals surface area contributed by atoms with Gasteiger partial charge in [0.05, 0.1) is 0 Å². The Hall–Kier alpha value is -1.62. The first-order chi connectivity index (χ1) is 7.84. The largest absolute Gasteiger partial charge is 0.351 e. The fraction of sp³-hybridized carbons (Fsp3) is 0.500. The summed E-state index contributed by atoms with van der Waals surface area (Å²) in [6.45, 7) is 10.2. The molecule has 2 amide bonds. The van der Waals surface area contributed by atoms with Crippen LogP contribution in [0.15, 0.2) is 24.3 Å². The van der Waals surface area contributed by atoms with Gasteiger partial charge in [0, 0.05) is 30.8 Å². The van der Waals surface area contributed by atoms with Crippen molar-refractivity contribution >= 4 is 11.8 Å². The van der Waals surface area contributed by atoms with Crippen LogP contribution < -0.4 is 10.6 Å². The Kier molecular flexibility index (Phi) is 6.89. The van der Waals surface area contributed by atoms with Gasteiger partial charge in [-0.3, -0.25) is 9.59 Å². The topological polar surface area (TPSA) is 61.4 Å². The van der Waals surface area contributed by atoms with Crippen LogP contribution in [0.2, 0.25) is 0 Å². The molecule has 0 heterocycles. The predicted octanol–water partition coefficient (Wildman–Crippen LogP) is -0.0873. The van der Waals surface area contributed by atoms with Crippen molar-refractivity contribution in [3.8, 4) is 0 Å². The van der Waals surface area contributed by atoms with Crippen molar-refractivity contribution in [2.24, 2.45) is 0 Å². The highest BCUT2D eigenvalue weighted by molar-refractivity contribution is 5.96. The van der Waals surface area contributed by atoms with E-state index in [2.05, 4.69) is 23.8 Å². The van der Waals surface area contributed by atoms with Crippen molar-refractivity contribution in [2.45, 2.75) is 6.92 Å². The monoisotopic (exact) mass is 239 g/mol. The minimum Gasteiger partial charge on any atom is -0.351 e. The normalized spacial score (nSPS) is 9.88. The Bertz CT molecular complexity index is 322. The quantitative estimate of drug-likeness (QED) is 0.611. The molecular weight excluding hydrogens is 218 g/mol. The average molecular weight is 239 g/mol. The van der Waals surface area contributed by atoms with Crippen molar-refractivity contribution in [1.29, 1.82) is 0 Å². The van der Waals surface area contributed by atoms with Crippen LogP contribution in [0.5, 0.6) is 0 Å². The fourth-order valence-corrected chi connectivity index (χ4v) is 0.936. The molecule has 0 bridgehead atoms. The number of hydrogen-bond donors (Lipinski definition) is 2. The van der Waals surface area contributed by atoms with Gasteiger partial charge in [-0.25, -0.2) is 0 Å². The zero-order valence-corrected chi connectivity index (χ0v) is 10.8. The van der Waals surface area contributed by atoms with Gasteiger partial charge < -0.3 is 15.5 Å². The Morgan fingerprint density at radius 3 is 2.18 bits per heavy atom. The zero-order valence-electron chi connectivity index (χ0n) is 10.8. The summed E-state index contributed by atoms with van der Waals surface area (Å²) in [5, 5.41) is 5.27. The van der Waals surface area contributed by atoms with Crippen molar-refractivity contribution < 1.29 is 9.59 Å². The zero-order chi connectivity index (χ0) is 13.4. The van der Waals surface area contributed by atoms with Crippen molar-refractivity contribution in [3.63, 3.8) is 0 Å². The molecule has 2 N–H and O–H groups in total. The molecule has 0 unspecified atom stereocenters. The molecule has 0 aliphatic carbocycles. The maximum absolute atomic E-state index is 11.5. The standard InChI is InChI=1S/C12H21N3O2/c1-9(2)11(16)14-8-10(3)12(17)13-6-7-15(4)5/h1,3,6-8H2,2,4-5H3,(H,13,17)(H,14,16). The van der Waals surface area contributed by atoms with E-state index in [-0.39, 0.29) is 18.4 Å². The van der Waals surface area contributed by atoms with Gasteiger partial charge in [0.1, 0.15) is 0 Å². The molecule has 0 aromatic carbocycles. The molecule has 0 saturated heterocycles. The van der Waals surface area contributed by atoms with E-state index in [1.54, 1.807) is 6.92 Å². The SMILES string of the molecule is C=C(C)C(=O)NCC(=C)C(=O)NCCN(C)C. The summed E-state index contributed by atoms with van der Waals surface area (Å²) in [4.78, 5) is 24.7. The smallest absolute Gasteiger partial charge is 0.248 e. The summed E-state index contributed by atoms with van der Waals surface area (Å²) < 4.78 is 0. The van der Waals surface area contributed by atoms with Crippen LogP contribution in [0.4, 0.5) is 0 Å². The van der Waals surface area contributed by atoms with Gasteiger partial charge in [0.2, 0.25) is 11.8 Å². The molecule has 0 aliphatic heterocycles. The second kappa shape index (κ2) is 7.62. The first-order valence-corrected chi connectivity index (χ1v) is 5.39. The predicted molar refractivity (Wildman–Crippen MR) is 68.5 cm³/mol. The third-order valence-electron chi connectivity index (χ3n) is 2.02. The lowest BCUT2D eigenvalue weighted by atomic mass is 10.2. The Labute approximate surface area is 103 Å². The highest BCUT2D eigenvalue weighted by Crippen LogP contribution is 1.91. The highest BCUT2D eigenvalue weighted by Gasteiger charge is 2.08. The summed E-state index contributed by atoms with van der Waals surface area (Å²) in [7, 11) is 3.85. The number of likely N-dealkylation sites (N-methyl/N-ethyl adjacent to an activating group) is 1. The maximum Gasteiger partial charge on any atom is 0.248 e. The molecule has 0 aromatic rings. The van der Waals surface area contributed by atoms with Crippen LogP contribution in [-0.2, 0) is 9.59 Å². The summed E-state index contributed by atoms with van der Waals surface area (Å²) in [6.07, 6.45) is 0. The molecule has 0 saturated carbocycles. The third-order valence-corrected chi connectivity index (χ3v) is 2.02. The van der Waals surface area contributed by atoms with Gasteiger partial charge >= 0.3 is 0 Å². The highest BCUT2D eigenvalue weighted by atomic mass is 16.2. The first kappa shape index (κ1) is 15.4. The third kappa shape index (κ3) is 7.30. The summed E-state index contributed by atoms with van der Waals surface area (Å²) in [5.74, 6) is -0.513. The van der Waals surface area contributed by atoms with E-state index in [1.165, 1.54) is 0 Å². The number of nitrogens with one attached hydrogen (secondary N) is 2. The van der Waals surface area contributed by atoms with Crippen molar-refractivity contribution in [1.82, 2.24) is 15.5 Å². The first-order valence-electron chi connectivity index (χ1n) is 5.39. The summed E-state index contributed by atoms with van der Waals surface area (Å²) in [5.41, 5.74) is 0.740. The number of carbonyl (C=O) groups excluding carboxylic acids is 2. The van der Waals surface area contributed by atoms with Gasteiger partial charge in [0.15, 0.2) is 0 Å². The Morgan fingerprint density at radius 2 is 1.71 bits per heavy atom. The van der Waals surface area contributed by atoms with Crippen LogP contribution in [0.25, 0.3) is 0 Å². The van der Waals surface area contributed by atoms with Crippen LogP contribution in [0.3, 0.4) is 0 Å². The molecule has 0 aliphatic rings. The van der Waals surface area contributed by atoms with E-state index in [9.17, 15) is 9.59 Å². The number of carbonyl (C=O) groups is 2. The summed E-state index contributed by atoms with van der Waals surface area (Å²) >= 11 is 0. The van der Waals surface area contributed by atoms with Crippen molar-refractivity contribution in [3.05, 3.63) is 24.3 Å². The van der Waals surface area contributed by atoms with Gasteiger partial charge in [0.25, 0.3) is 0 Å². The van der Waals surface area contributed by atoms with E-state index >= 15 is 0 Å². The fourth-order valence-electron chi connectivity index (χ4n) is 0.936. The van der Waals surface area contributed by atoms with Crippen molar-refractivity contribution in [2.75, 3.05) is 33.7 Å². The number of hydrogen-bond acceptors (Lipinski definition) is 3. The second-order valence-corrected chi connectivity index (χ2v) is 4.13. The average Bonchev–Trinajstić information content (AvgIpc) is 2.24. The Balaban J connectivity index is 3.87. The molecular formula is C12H21N3O2. The molecule has 0 aromatic heterocycles. The van der Waals surface area contributed by atoms with Gasteiger partial charge in [-0.05, 0) is 21.0 Å². The van der Waals surface area contributed by atoms with E-state index in [1.807, 2.05) is 19.0 Å². The van der Waals surface area contributed by atoms with Crippen LogP contribution >= 0.6 is 0 Å². The van der Waals surface area contributed by atoms with Gasteiger partial charge in [-0.1, -0.05) is 13.2 Å². The molecule has 96 valence electrons. The van der Waals surface area contributed by atoms with Crippen LogP contribution in [0.1, 0.15) is 6.92 Å². The molecule has 17 heavy (non-hydrogen) atoms. The van der Waals surface area contributed by atoms with E-state index in [4.69, 9.17) is 0 Å². The van der Waals surface area contributed by atoms with Gasteiger partial charge in [-0.15, -0.1) is 0 Å². The Morgan fingerprint density at radius 1 is 1.12 bits per heavy atom. The lowest BCUT2D eigenvalue weighted by Gasteiger charge is -2.12. The van der Waals surface area contributed by atoms with E-state index in [0.717, 1.165) is 6.54 Å².